The molecule has 1 rings (SSSR count). The Hall–Kier alpha value is -1.77. The van der Waals surface area contributed by atoms with Gasteiger partial charge in [0.05, 0.1) is 16.1 Å². The summed E-state index contributed by atoms with van der Waals surface area (Å²) in [6, 6.07) is 4.80. The molecule has 0 fully saturated rings. The zero-order valence-corrected chi connectivity index (χ0v) is 15.6. The SMILES string of the molecule is CN=C(NCCS(=O)(=O)C(C)(C)C)NCc1ccc(C(F)(F)F)cc1. The van der Waals surface area contributed by atoms with E-state index in [2.05, 4.69) is 15.6 Å². The first kappa shape index (κ1) is 21.3. The smallest absolute Gasteiger partial charge is 0.355 e. The third-order valence-corrected chi connectivity index (χ3v) is 6.17. The predicted molar refractivity (Wildman–Crippen MR) is 93.2 cm³/mol. The van der Waals surface area contributed by atoms with Crippen LogP contribution in [0.1, 0.15) is 31.9 Å². The van der Waals surface area contributed by atoms with Crippen molar-refractivity contribution in [2.45, 2.75) is 38.2 Å². The summed E-state index contributed by atoms with van der Waals surface area (Å²) in [7, 11) is -1.71. The standard InChI is InChI=1S/C16H24F3N3O2S/c1-15(2,3)25(23,24)10-9-21-14(20-4)22-11-12-5-7-13(8-6-12)16(17,18)19/h5-8H,9-11H2,1-4H3,(H2,20,21,22). The first-order chi connectivity index (χ1) is 11.4. The van der Waals surface area contributed by atoms with Crippen molar-refractivity contribution < 1.29 is 21.6 Å². The van der Waals surface area contributed by atoms with Crippen LogP contribution in [0, 0.1) is 0 Å². The van der Waals surface area contributed by atoms with E-state index < -0.39 is 26.3 Å². The Kier molecular flexibility index (Phi) is 6.87. The normalized spacial score (nSPS) is 13.6. The highest BCUT2D eigenvalue weighted by molar-refractivity contribution is 7.92. The Morgan fingerprint density at radius 1 is 1.08 bits per heavy atom. The van der Waals surface area contributed by atoms with Crippen molar-refractivity contribution in [1.82, 2.24) is 10.6 Å². The minimum atomic E-state index is -4.36. The molecule has 0 saturated heterocycles. The summed E-state index contributed by atoms with van der Waals surface area (Å²) < 4.78 is 60.8. The second kappa shape index (κ2) is 8.07. The maximum atomic E-state index is 12.5. The Morgan fingerprint density at radius 2 is 1.64 bits per heavy atom. The Labute approximate surface area is 146 Å². The Bertz CT molecular complexity index is 691. The maximum absolute atomic E-state index is 12.5. The molecule has 0 aliphatic rings. The lowest BCUT2D eigenvalue weighted by Crippen LogP contribution is -2.41. The van der Waals surface area contributed by atoms with Crippen LogP contribution in [0.25, 0.3) is 0 Å². The van der Waals surface area contributed by atoms with Crippen LogP contribution in [0.15, 0.2) is 29.3 Å². The fourth-order valence-corrected chi connectivity index (χ4v) is 2.81. The van der Waals surface area contributed by atoms with E-state index in [1.807, 2.05) is 0 Å². The van der Waals surface area contributed by atoms with Crippen LogP contribution in [0.5, 0.6) is 0 Å². The van der Waals surface area contributed by atoms with Crippen LogP contribution in [0.3, 0.4) is 0 Å². The van der Waals surface area contributed by atoms with Crippen molar-refractivity contribution in [2.24, 2.45) is 4.99 Å². The van der Waals surface area contributed by atoms with Gasteiger partial charge in [0.15, 0.2) is 15.8 Å². The molecule has 0 saturated carbocycles. The van der Waals surface area contributed by atoms with Gasteiger partial charge in [-0.25, -0.2) is 8.42 Å². The van der Waals surface area contributed by atoms with E-state index in [0.717, 1.165) is 12.1 Å². The lowest BCUT2D eigenvalue weighted by Gasteiger charge is -2.19. The largest absolute Gasteiger partial charge is 0.416 e. The zero-order chi connectivity index (χ0) is 19.3. The first-order valence-electron chi connectivity index (χ1n) is 7.70. The van der Waals surface area contributed by atoms with Crippen LogP contribution in [0.4, 0.5) is 13.2 Å². The van der Waals surface area contributed by atoms with Gasteiger partial charge in [-0.15, -0.1) is 0 Å². The van der Waals surface area contributed by atoms with Crippen LogP contribution in [-0.4, -0.2) is 38.5 Å². The fraction of sp³-hybridized carbons (Fsp3) is 0.562. The van der Waals surface area contributed by atoms with Crippen molar-refractivity contribution in [1.29, 1.82) is 0 Å². The third-order valence-electron chi connectivity index (χ3n) is 3.56. The molecule has 1 aromatic carbocycles. The topological polar surface area (TPSA) is 70.6 Å². The lowest BCUT2D eigenvalue weighted by atomic mass is 10.1. The number of alkyl halides is 3. The molecule has 5 nitrogen and oxygen atoms in total. The zero-order valence-electron chi connectivity index (χ0n) is 14.7. The summed E-state index contributed by atoms with van der Waals surface area (Å²) in [5.41, 5.74) is -0.0515. The average molecular weight is 379 g/mol. The van der Waals surface area contributed by atoms with Crippen LogP contribution in [-0.2, 0) is 22.6 Å². The molecule has 0 atom stereocenters. The number of guanidine groups is 1. The van der Waals surface area contributed by atoms with E-state index in [1.165, 1.54) is 19.2 Å². The van der Waals surface area contributed by atoms with Crippen LogP contribution in [0.2, 0.25) is 0 Å². The number of benzene rings is 1. The van der Waals surface area contributed by atoms with E-state index in [0.29, 0.717) is 11.5 Å². The summed E-state index contributed by atoms with van der Waals surface area (Å²) >= 11 is 0. The molecule has 0 spiro atoms. The molecule has 9 heteroatoms. The molecule has 0 radical (unpaired) electrons. The van der Waals surface area contributed by atoms with E-state index in [4.69, 9.17) is 0 Å². The fourth-order valence-electron chi connectivity index (χ4n) is 1.83. The highest BCUT2D eigenvalue weighted by atomic mass is 32.2. The highest BCUT2D eigenvalue weighted by Gasteiger charge is 2.30. The molecule has 0 aliphatic carbocycles. The van der Waals surface area contributed by atoms with Crippen molar-refractivity contribution in [3.8, 4) is 0 Å². The van der Waals surface area contributed by atoms with Crippen molar-refractivity contribution in [3.63, 3.8) is 0 Å². The van der Waals surface area contributed by atoms with Gasteiger partial charge in [0.25, 0.3) is 0 Å². The molecule has 142 valence electrons. The average Bonchev–Trinajstić information content (AvgIpc) is 2.49. The Morgan fingerprint density at radius 3 is 2.08 bits per heavy atom. The van der Waals surface area contributed by atoms with Gasteiger partial charge in [-0.05, 0) is 38.5 Å². The van der Waals surface area contributed by atoms with E-state index in [-0.39, 0.29) is 18.8 Å². The molecule has 1 aromatic rings. The highest BCUT2D eigenvalue weighted by Crippen LogP contribution is 2.29. The molecular formula is C16H24F3N3O2S. The number of halogens is 3. The minimum Gasteiger partial charge on any atom is -0.355 e. The van der Waals surface area contributed by atoms with Gasteiger partial charge >= 0.3 is 6.18 Å². The molecule has 0 bridgehead atoms. The maximum Gasteiger partial charge on any atom is 0.416 e. The van der Waals surface area contributed by atoms with Gasteiger partial charge in [-0.2, -0.15) is 13.2 Å². The van der Waals surface area contributed by atoms with Crippen molar-refractivity contribution in [2.75, 3.05) is 19.3 Å². The minimum absolute atomic E-state index is 0.0442. The number of rotatable bonds is 5. The van der Waals surface area contributed by atoms with Gasteiger partial charge in [0, 0.05) is 20.1 Å². The molecule has 25 heavy (non-hydrogen) atoms. The number of aliphatic imine (C=N–C) groups is 1. The van der Waals surface area contributed by atoms with Gasteiger partial charge in [-0.3, -0.25) is 4.99 Å². The number of nitrogens with one attached hydrogen (secondary N) is 2. The summed E-state index contributed by atoms with van der Waals surface area (Å²) in [5.74, 6) is 0.335. The van der Waals surface area contributed by atoms with Gasteiger partial charge in [-0.1, -0.05) is 12.1 Å². The number of sulfone groups is 1. The first-order valence-corrected chi connectivity index (χ1v) is 9.35. The quantitative estimate of drug-likeness (QED) is 0.609. The van der Waals surface area contributed by atoms with Crippen molar-refractivity contribution >= 4 is 15.8 Å². The van der Waals surface area contributed by atoms with E-state index in [1.54, 1.807) is 20.8 Å². The monoisotopic (exact) mass is 379 g/mol. The summed E-state index contributed by atoms with van der Waals surface area (Å²) in [4.78, 5) is 3.96. The predicted octanol–water partition coefficient (Wildman–Crippen LogP) is 2.58. The summed E-state index contributed by atoms with van der Waals surface area (Å²) in [6.07, 6.45) is -4.36. The lowest BCUT2D eigenvalue weighted by molar-refractivity contribution is -0.137. The number of nitrogens with zero attached hydrogens (tertiary/aromatic N) is 1. The summed E-state index contributed by atoms with van der Waals surface area (Å²) in [6.45, 7) is 5.37. The van der Waals surface area contributed by atoms with E-state index in [9.17, 15) is 21.6 Å². The second-order valence-corrected chi connectivity index (χ2v) is 9.34. The van der Waals surface area contributed by atoms with Gasteiger partial charge in [0.2, 0.25) is 0 Å². The third kappa shape index (κ3) is 6.56. The number of hydrogen-bond donors (Lipinski definition) is 2. The van der Waals surface area contributed by atoms with Crippen LogP contribution >= 0.6 is 0 Å². The Balaban J connectivity index is 2.53. The molecule has 0 unspecified atom stereocenters. The molecular weight excluding hydrogens is 355 g/mol. The summed E-state index contributed by atoms with van der Waals surface area (Å²) in [5, 5.41) is 5.81. The molecule has 0 aliphatic heterocycles. The molecule has 0 amide bonds. The number of hydrogen-bond acceptors (Lipinski definition) is 3. The molecule has 2 N–H and O–H groups in total. The molecule has 0 aromatic heterocycles. The van der Waals surface area contributed by atoms with Crippen molar-refractivity contribution in [3.05, 3.63) is 35.4 Å². The second-order valence-electron chi connectivity index (χ2n) is 6.48. The molecule has 0 heterocycles. The van der Waals surface area contributed by atoms with Gasteiger partial charge in [0.1, 0.15) is 0 Å². The van der Waals surface area contributed by atoms with Gasteiger partial charge < -0.3 is 10.6 Å². The van der Waals surface area contributed by atoms with Crippen LogP contribution < -0.4 is 10.6 Å². The van der Waals surface area contributed by atoms with E-state index >= 15 is 0 Å².